The van der Waals surface area contributed by atoms with Crippen LogP contribution in [0.2, 0.25) is 5.02 Å². The molecule has 0 bridgehead atoms. The molecule has 11 heteroatoms. The van der Waals surface area contributed by atoms with Gasteiger partial charge in [-0.3, -0.25) is 19.5 Å². The highest BCUT2D eigenvalue weighted by atomic mass is 35.5. The van der Waals surface area contributed by atoms with Gasteiger partial charge in [-0.2, -0.15) is 0 Å². The Morgan fingerprint density at radius 2 is 1.97 bits per heavy atom. The van der Waals surface area contributed by atoms with Crippen molar-refractivity contribution in [2.24, 2.45) is 0 Å². The molecule has 9 nitrogen and oxygen atoms in total. The topological polar surface area (TPSA) is 116 Å². The number of aromatic nitrogens is 3. The number of nitrogens with zero attached hydrogens (tertiary/aromatic N) is 4. The van der Waals surface area contributed by atoms with Crippen LogP contribution in [-0.2, 0) is 11.3 Å². The number of furan rings is 1. The minimum atomic E-state index is -0.477. The molecule has 4 rings (SSSR count). The fourth-order valence-corrected chi connectivity index (χ4v) is 4.05. The minimum absolute atomic E-state index is 0.0407. The van der Waals surface area contributed by atoms with E-state index in [4.69, 9.17) is 16.0 Å². The molecule has 0 aliphatic rings. The van der Waals surface area contributed by atoms with Crippen LogP contribution in [0.4, 0.5) is 11.4 Å². The van der Waals surface area contributed by atoms with Crippen LogP contribution >= 0.6 is 23.4 Å². The van der Waals surface area contributed by atoms with Crippen LogP contribution in [0.3, 0.4) is 0 Å². The van der Waals surface area contributed by atoms with Gasteiger partial charge in [-0.15, -0.1) is 10.2 Å². The van der Waals surface area contributed by atoms with Crippen molar-refractivity contribution in [3.05, 3.63) is 87.3 Å². The van der Waals surface area contributed by atoms with Crippen molar-refractivity contribution in [2.75, 3.05) is 11.1 Å². The Morgan fingerprint density at radius 3 is 2.67 bits per heavy atom. The second-order valence-corrected chi connectivity index (χ2v) is 8.40. The van der Waals surface area contributed by atoms with E-state index in [0.29, 0.717) is 39.6 Å². The van der Waals surface area contributed by atoms with E-state index in [9.17, 15) is 14.9 Å². The number of amides is 1. The van der Waals surface area contributed by atoms with E-state index in [2.05, 4.69) is 15.5 Å². The van der Waals surface area contributed by atoms with Gasteiger partial charge < -0.3 is 9.73 Å². The van der Waals surface area contributed by atoms with E-state index in [1.54, 1.807) is 37.5 Å². The molecule has 4 aromatic rings. The predicted octanol–water partition coefficient (Wildman–Crippen LogP) is 5.19. The second kappa shape index (κ2) is 9.88. The Balaban J connectivity index is 1.53. The number of anilines is 1. The molecule has 1 N–H and O–H groups in total. The van der Waals surface area contributed by atoms with Gasteiger partial charge in [0.15, 0.2) is 11.0 Å². The molecule has 0 spiro atoms. The Hall–Kier alpha value is -3.63. The molecular weight excluding hydrogens is 466 g/mol. The molecule has 168 valence electrons. The highest BCUT2D eigenvalue weighted by Crippen LogP contribution is 2.28. The average molecular weight is 484 g/mol. The van der Waals surface area contributed by atoms with Gasteiger partial charge in [0, 0.05) is 16.7 Å². The summed E-state index contributed by atoms with van der Waals surface area (Å²) < 4.78 is 7.34. The van der Waals surface area contributed by atoms with Crippen LogP contribution in [-0.4, -0.2) is 31.3 Å². The number of nitro benzene ring substituents is 1. The monoisotopic (exact) mass is 483 g/mol. The third-order valence-electron chi connectivity index (χ3n) is 4.82. The number of rotatable bonds is 8. The zero-order chi connectivity index (χ0) is 23.4. The summed E-state index contributed by atoms with van der Waals surface area (Å²) in [6.45, 7) is 1.98. The standard InChI is InChI=1S/C22H18ClN5O4S/c1-14-18(5-2-6-19(14)28(30)31)24-20(29)13-33-22-26-25-21(15-7-9-16(23)10-8-15)27(22)12-17-4-3-11-32-17/h2-11H,12-13H2,1H3,(H,24,29). The zero-order valence-corrected chi connectivity index (χ0v) is 19.0. The van der Waals surface area contributed by atoms with E-state index in [0.717, 1.165) is 5.56 Å². The van der Waals surface area contributed by atoms with Gasteiger partial charge >= 0.3 is 0 Å². The van der Waals surface area contributed by atoms with Crippen LogP contribution in [0, 0.1) is 17.0 Å². The number of nitrogens with one attached hydrogen (secondary N) is 1. The van der Waals surface area contributed by atoms with Crippen LogP contribution in [0.25, 0.3) is 11.4 Å². The van der Waals surface area contributed by atoms with E-state index in [-0.39, 0.29) is 17.3 Å². The summed E-state index contributed by atoms with van der Waals surface area (Å²) in [6.07, 6.45) is 1.59. The molecule has 2 aromatic heterocycles. The number of hydrogen-bond donors (Lipinski definition) is 1. The van der Waals surface area contributed by atoms with Gasteiger partial charge in [0.1, 0.15) is 5.76 Å². The molecule has 0 atom stereocenters. The number of hydrogen-bond acceptors (Lipinski definition) is 7. The van der Waals surface area contributed by atoms with Gasteiger partial charge in [0.25, 0.3) is 5.69 Å². The summed E-state index contributed by atoms with van der Waals surface area (Å²) in [6, 6.07) is 15.4. The maximum Gasteiger partial charge on any atom is 0.274 e. The lowest BCUT2D eigenvalue weighted by molar-refractivity contribution is -0.385. The summed E-state index contributed by atoms with van der Waals surface area (Å²) >= 11 is 7.21. The van der Waals surface area contributed by atoms with E-state index in [1.807, 2.05) is 22.8 Å². The maximum atomic E-state index is 12.6. The average Bonchev–Trinajstić information content (AvgIpc) is 3.45. The van der Waals surface area contributed by atoms with Crippen LogP contribution in [0.5, 0.6) is 0 Å². The lowest BCUT2D eigenvalue weighted by Crippen LogP contribution is -2.16. The minimum Gasteiger partial charge on any atom is -0.467 e. The first-order valence-corrected chi connectivity index (χ1v) is 11.2. The third-order valence-corrected chi connectivity index (χ3v) is 6.04. The largest absolute Gasteiger partial charge is 0.467 e. The zero-order valence-electron chi connectivity index (χ0n) is 17.4. The van der Waals surface area contributed by atoms with Crippen molar-refractivity contribution in [3.8, 4) is 11.4 Å². The number of carbonyl (C=O) groups excluding carboxylic acids is 1. The Bertz CT molecular complexity index is 1290. The lowest BCUT2D eigenvalue weighted by Gasteiger charge is -2.10. The normalized spacial score (nSPS) is 10.8. The highest BCUT2D eigenvalue weighted by molar-refractivity contribution is 7.99. The maximum absolute atomic E-state index is 12.6. The fraction of sp³-hybridized carbons (Fsp3) is 0.136. The highest BCUT2D eigenvalue weighted by Gasteiger charge is 2.18. The summed E-state index contributed by atoms with van der Waals surface area (Å²) in [5.74, 6) is 1.05. The number of benzene rings is 2. The Kier molecular flexibility index (Phi) is 6.76. The SMILES string of the molecule is Cc1c(NC(=O)CSc2nnc(-c3ccc(Cl)cc3)n2Cc2ccco2)cccc1[N+](=O)[O-]. The second-order valence-electron chi connectivity index (χ2n) is 7.02. The van der Waals surface area contributed by atoms with Crippen molar-refractivity contribution in [3.63, 3.8) is 0 Å². The number of thioether (sulfide) groups is 1. The lowest BCUT2D eigenvalue weighted by atomic mass is 10.1. The summed E-state index contributed by atoms with van der Waals surface area (Å²) in [5.41, 5.74) is 1.56. The molecule has 0 saturated carbocycles. The van der Waals surface area contributed by atoms with Crippen LogP contribution < -0.4 is 5.32 Å². The van der Waals surface area contributed by atoms with Gasteiger partial charge in [-0.05, 0) is 49.4 Å². The molecule has 0 radical (unpaired) electrons. The first kappa shape index (κ1) is 22.6. The number of nitro groups is 1. The Labute approximate surface area is 197 Å². The summed E-state index contributed by atoms with van der Waals surface area (Å²) in [4.78, 5) is 23.2. The van der Waals surface area contributed by atoms with E-state index in [1.165, 1.54) is 23.9 Å². The fourth-order valence-electron chi connectivity index (χ4n) is 3.18. The van der Waals surface area contributed by atoms with Crippen molar-refractivity contribution < 1.29 is 14.1 Å². The molecule has 1 amide bonds. The molecule has 2 aromatic carbocycles. The number of halogens is 1. The molecule has 0 saturated heterocycles. The smallest absolute Gasteiger partial charge is 0.274 e. The third kappa shape index (κ3) is 5.24. The predicted molar refractivity (Wildman–Crippen MR) is 125 cm³/mol. The van der Waals surface area contributed by atoms with Crippen molar-refractivity contribution in [2.45, 2.75) is 18.6 Å². The first-order chi connectivity index (χ1) is 15.9. The molecule has 0 aliphatic heterocycles. The Morgan fingerprint density at radius 1 is 1.18 bits per heavy atom. The molecule has 0 fully saturated rings. The summed E-state index contributed by atoms with van der Waals surface area (Å²) in [7, 11) is 0. The summed E-state index contributed by atoms with van der Waals surface area (Å²) in [5, 5.41) is 23.6. The van der Waals surface area contributed by atoms with E-state index >= 15 is 0 Å². The van der Waals surface area contributed by atoms with Gasteiger partial charge in [-0.1, -0.05) is 29.4 Å². The molecular formula is C22H18ClN5O4S. The quantitative estimate of drug-likeness (QED) is 0.208. The van der Waals surface area contributed by atoms with Gasteiger partial charge in [0.05, 0.1) is 34.7 Å². The van der Waals surface area contributed by atoms with Crippen molar-refractivity contribution >= 4 is 40.6 Å². The molecule has 0 aliphatic carbocycles. The van der Waals surface area contributed by atoms with Crippen LogP contribution in [0.15, 0.2) is 70.4 Å². The van der Waals surface area contributed by atoms with Crippen molar-refractivity contribution in [1.29, 1.82) is 0 Å². The van der Waals surface area contributed by atoms with E-state index < -0.39 is 4.92 Å². The van der Waals surface area contributed by atoms with Gasteiger partial charge in [0.2, 0.25) is 5.91 Å². The first-order valence-electron chi connectivity index (χ1n) is 9.80. The number of carbonyl (C=O) groups is 1. The van der Waals surface area contributed by atoms with Crippen molar-refractivity contribution in [1.82, 2.24) is 14.8 Å². The van der Waals surface area contributed by atoms with Gasteiger partial charge in [-0.25, -0.2) is 0 Å². The molecule has 0 unspecified atom stereocenters. The molecule has 33 heavy (non-hydrogen) atoms. The van der Waals surface area contributed by atoms with Crippen LogP contribution in [0.1, 0.15) is 11.3 Å². The molecule has 2 heterocycles.